The molecule has 1 aromatic heterocycles. The van der Waals surface area contributed by atoms with E-state index in [-0.39, 0.29) is 0 Å². The van der Waals surface area contributed by atoms with Crippen molar-refractivity contribution in [2.75, 3.05) is 18.5 Å². The van der Waals surface area contributed by atoms with Gasteiger partial charge in [0.1, 0.15) is 0 Å². The van der Waals surface area contributed by atoms with E-state index in [0.717, 1.165) is 17.4 Å². The molecule has 100 valence electrons. The zero-order valence-electron chi connectivity index (χ0n) is 11.0. The number of aromatic nitrogens is 1. The van der Waals surface area contributed by atoms with Gasteiger partial charge in [0.15, 0.2) is 0 Å². The molecular weight excluding hydrogens is 302 g/mol. The Labute approximate surface area is 122 Å². The van der Waals surface area contributed by atoms with E-state index in [0.29, 0.717) is 6.54 Å². The van der Waals surface area contributed by atoms with Gasteiger partial charge in [-0.15, -0.1) is 0 Å². The number of halogens is 1. The Morgan fingerprint density at radius 1 is 1.32 bits per heavy atom. The number of rotatable bonds is 5. The van der Waals surface area contributed by atoms with Gasteiger partial charge in [0.05, 0.1) is 0 Å². The first kappa shape index (κ1) is 14.0. The second-order valence-corrected chi connectivity index (χ2v) is 5.44. The summed E-state index contributed by atoms with van der Waals surface area (Å²) in [6, 6.07) is 10.4. The van der Waals surface area contributed by atoms with Gasteiger partial charge >= 0.3 is 0 Å². The molecule has 19 heavy (non-hydrogen) atoms. The van der Waals surface area contributed by atoms with Crippen LogP contribution < -0.4 is 10.6 Å². The molecule has 0 amide bonds. The Kier molecular flexibility index (Phi) is 4.93. The van der Waals surface area contributed by atoms with Crippen LogP contribution in [0.3, 0.4) is 0 Å². The minimum atomic E-state index is 0.657. The predicted octanol–water partition coefficient (Wildman–Crippen LogP) is 2.98. The van der Waals surface area contributed by atoms with Crippen molar-refractivity contribution < 1.29 is 0 Å². The summed E-state index contributed by atoms with van der Waals surface area (Å²) in [4.78, 5) is 6.38. The normalized spacial score (nSPS) is 10.5. The van der Waals surface area contributed by atoms with Crippen LogP contribution in [0.15, 0.2) is 47.2 Å². The molecule has 0 radical (unpaired) electrons. The average molecular weight is 320 g/mol. The number of pyridine rings is 1. The van der Waals surface area contributed by atoms with Gasteiger partial charge in [-0.2, -0.15) is 0 Å². The van der Waals surface area contributed by atoms with Gasteiger partial charge in [0, 0.05) is 36.1 Å². The second-order valence-electron chi connectivity index (χ2n) is 4.53. The van der Waals surface area contributed by atoms with Crippen molar-refractivity contribution in [3.05, 3.63) is 58.3 Å². The fourth-order valence-corrected chi connectivity index (χ4v) is 2.54. The highest BCUT2D eigenvalue weighted by Crippen LogP contribution is 2.25. The van der Waals surface area contributed by atoms with E-state index in [1.54, 1.807) is 6.20 Å². The third kappa shape index (κ3) is 3.78. The number of nitrogens with zero attached hydrogens (tertiary/aromatic N) is 2. The second kappa shape index (κ2) is 6.68. The Morgan fingerprint density at radius 2 is 2.16 bits per heavy atom. The minimum Gasteiger partial charge on any atom is -0.370 e. The maximum Gasteiger partial charge on any atom is 0.0441 e. The summed E-state index contributed by atoms with van der Waals surface area (Å²) < 4.78 is 1.09. The average Bonchev–Trinajstić information content (AvgIpc) is 2.40. The Morgan fingerprint density at radius 3 is 2.84 bits per heavy atom. The quantitative estimate of drug-likeness (QED) is 0.921. The summed E-state index contributed by atoms with van der Waals surface area (Å²) >= 11 is 3.51. The molecule has 2 N–H and O–H groups in total. The lowest BCUT2D eigenvalue weighted by Crippen LogP contribution is -2.19. The van der Waals surface area contributed by atoms with E-state index >= 15 is 0 Å². The van der Waals surface area contributed by atoms with Crippen LogP contribution in [0.5, 0.6) is 0 Å². The van der Waals surface area contributed by atoms with Crippen molar-refractivity contribution in [3.8, 4) is 0 Å². The summed E-state index contributed by atoms with van der Waals surface area (Å²) in [6.07, 6.45) is 4.58. The van der Waals surface area contributed by atoms with Gasteiger partial charge in [-0.3, -0.25) is 4.98 Å². The molecular formula is C15H18BrN3. The molecule has 0 bridgehead atoms. The van der Waals surface area contributed by atoms with E-state index in [2.05, 4.69) is 57.1 Å². The molecule has 0 spiro atoms. The first-order valence-corrected chi connectivity index (χ1v) is 7.08. The third-order valence-corrected chi connectivity index (χ3v) is 3.50. The summed E-state index contributed by atoms with van der Waals surface area (Å²) in [5, 5.41) is 0. The van der Waals surface area contributed by atoms with Crippen LogP contribution in [0.1, 0.15) is 11.1 Å². The fourth-order valence-electron chi connectivity index (χ4n) is 2.13. The Balaban J connectivity index is 2.20. The summed E-state index contributed by atoms with van der Waals surface area (Å²) in [5.41, 5.74) is 9.38. The minimum absolute atomic E-state index is 0.657. The number of hydrogen-bond acceptors (Lipinski definition) is 3. The van der Waals surface area contributed by atoms with Crippen LogP contribution >= 0.6 is 15.9 Å². The number of anilines is 1. The highest BCUT2D eigenvalue weighted by Gasteiger charge is 2.08. The summed E-state index contributed by atoms with van der Waals surface area (Å²) in [6.45, 7) is 1.50. The van der Waals surface area contributed by atoms with Crippen molar-refractivity contribution >= 4 is 21.6 Å². The molecule has 0 aliphatic heterocycles. The Bertz CT molecular complexity index is 528. The molecule has 2 aromatic rings. The summed E-state index contributed by atoms with van der Waals surface area (Å²) in [7, 11) is 2.09. The molecule has 0 unspecified atom stereocenters. The van der Waals surface area contributed by atoms with E-state index in [1.165, 1.54) is 16.8 Å². The van der Waals surface area contributed by atoms with Crippen molar-refractivity contribution in [1.29, 1.82) is 0 Å². The molecule has 1 heterocycles. The lowest BCUT2D eigenvalue weighted by atomic mass is 10.1. The standard InChI is InChI=1S/C15H18BrN3/c1-19(11-12-3-2-8-18-10-12)15-5-4-14(16)9-13(15)6-7-17/h2-5,8-10H,6-7,11,17H2,1H3. The van der Waals surface area contributed by atoms with Gasteiger partial charge in [-0.05, 0) is 48.4 Å². The SMILES string of the molecule is CN(Cc1cccnc1)c1ccc(Br)cc1CCN. The third-order valence-electron chi connectivity index (χ3n) is 3.01. The van der Waals surface area contributed by atoms with Crippen LogP contribution in [0.4, 0.5) is 5.69 Å². The van der Waals surface area contributed by atoms with Crippen LogP contribution in [-0.4, -0.2) is 18.6 Å². The van der Waals surface area contributed by atoms with E-state index in [4.69, 9.17) is 5.73 Å². The fraction of sp³-hybridized carbons (Fsp3) is 0.267. The van der Waals surface area contributed by atoms with E-state index < -0.39 is 0 Å². The van der Waals surface area contributed by atoms with E-state index in [1.807, 2.05) is 12.3 Å². The van der Waals surface area contributed by atoms with Gasteiger partial charge in [-0.1, -0.05) is 22.0 Å². The van der Waals surface area contributed by atoms with Gasteiger partial charge in [0.2, 0.25) is 0 Å². The molecule has 1 aromatic carbocycles. The Hall–Kier alpha value is -1.39. The van der Waals surface area contributed by atoms with Gasteiger partial charge in [0.25, 0.3) is 0 Å². The van der Waals surface area contributed by atoms with E-state index in [9.17, 15) is 0 Å². The maximum absolute atomic E-state index is 5.69. The molecule has 0 saturated carbocycles. The maximum atomic E-state index is 5.69. The molecule has 0 atom stereocenters. The summed E-state index contributed by atoms with van der Waals surface area (Å²) in [5.74, 6) is 0. The molecule has 0 saturated heterocycles. The van der Waals surface area contributed by atoms with Crippen LogP contribution in [0, 0.1) is 0 Å². The topological polar surface area (TPSA) is 42.2 Å². The van der Waals surface area contributed by atoms with Gasteiger partial charge in [-0.25, -0.2) is 0 Å². The van der Waals surface area contributed by atoms with Crippen molar-refractivity contribution in [1.82, 2.24) is 4.98 Å². The van der Waals surface area contributed by atoms with Gasteiger partial charge < -0.3 is 10.6 Å². The lowest BCUT2D eigenvalue weighted by molar-refractivity contribution is 0.887. The zero-order chi connectivity index (χ0) is 13.7. The lowest BCUT2D eigenvalue weighted by Gasteiger charge is -2.22. The monoisotopic (exact) mass is 319 g/mol. The number of nitrogens with two attached hydrogens (primary N) is 1. The predicted molar refractivity (Wildman–Crippen MR) is 83.2 cm³/mol. The van der Waals surface area contributed by atoms with Crippen molar-refractivity contribution in [2.45, 2.75) is 13.0 Å². The van der Waals surface area contributed by atoms with Crippen molar-refractivity contribution in [2.24, 2.45) is 5.73 Å². The molecule has 0 fully saturated rings. The smallest absolute Gasteiger partial charge is 0.0441 e. The highest BCUT2D eigenvalue weighted by atomic mass is 79.9. The zero-order valence-corrected chi connectivity index (χ0v) is 12.6. The largest absolute Gasteiger partial charge is 0.370 e. The number of hydrogen-bond donors (Lipinski definition) is 1. The molecule has 3 nitrogen and oxygen atoms in total. The molecule has 4 heteroatoms. The van der Waals surface area contributed by atoms with Crippen molar-refractivity contribution in [3.63, 3.8) is 0 Å². The highest BCUT2D eigenvalue weighted by molar-refractivity contribution is 9.10. The van der Waals surface area contributed by atoms with Crippen LogP contribution in [0.2, 0.25) is 0 Å². The van der Waals surface area contributed by atoms with Crippen LogP contribution in [-0.2, 0) is 13.0 Å². The first-order chi connectivity index (χ1) is 9.20. The molecule has 2 rings (SSSR count). The number of benzene rings is 1. The molecule has 0 aliphatic carbocycles. The first-order valence-electron chi connectivity index (χ1n) is 6.29. The van der Waals surface area contributed by atoms with Crippen LogP contribution in [0.25, 0.3) is 0 Å². The molecule has 0 aliphatic rings.